The lowest BCUT2D eigenvalue weighted by Gasteiger charge is -2.14. The quantitative estimate of drug-likeness (QED) is 0.725. The van der Waals surface area contributed by atoms with Crippen molar-refractivity contribution in [1.82, 2.24) is 0 Å². The fourth-order valence-corrected chi connectivity index (χ4v) is 6.36. The molecule has 0 aromatic heterocycles. The lowest BCUT2D eigenvalue weighted by molar-refractivity contribution is 0.581. The third-order valence-electron chi connectivity index (χ3n) is 2.86. The molecule has 22 heavy (non-hydrogen) atoms. The first-order valence-corrected chi connectivity index (χ1v) is 11.0. The second-order valence-electron chi connectivity index (χ2n) is 6.17. The second kappa shape index (κ2) is 6.88. The first kappa shape index (κ1) is 19.4. The highest BCUT2D eigenvalue weighted by atomic mass is 79.9. The molecule has 5 nitrogen and oxygen atoms in total. The zero-order valence-corrected chi connectivity index (χ0v) is 16.3. The van der Waals surface area contributed by atoms with Crippen LogP contribution < -0.4 is 5.73 Å². The number of benzene rings is 1. The van der Waals surface area contributed by atoms with Gasteiger partial charge in [0, 0.05) is 4.47 Å². The number of hydrogen-bond donors (Lipinski definition) is 1. The Kier molecular flexibility index (Phi) is 6.08. The van der Waals surface area contributed by atoms with Gasteiger partial charge in [0.15, 0.2) is 19.7 Å². The largest absolute Gasteiger partial charge is 0.397 e. The van der Waals surface area contributed by atoms with Gasteiger partial charge in [0.05, 0.1) is 27.0 Å². The summed E-state index contributed by atoms with van der Waals surface area (Å²) in [5, 5.41) is 0. The smallest absolute Gasteiger partial charge is 0.180 e. The molecule has 0 saturated heterocycles. The number of rotatable bonds is 6. The Morgan fingerprint density at radius 2 is 1.41 bits per heavy atom. The van der Waals surface area contributed by atoms with E-state index in [2.05, 4.69) is 15.9 Å². The molecule has 126 valence electrons. The maximum absolute atomic E-state index is 12.4. The molecule has 8 heteroatoms. The molecular weight excluding hydrogens is 390 g/mol. The first-order chi connectivity index (χ1) is 9.86. The van der Waals surface area contributed by atoms with Crippen molar-refractivity contribution in [1.29, 1.82) is 0 Å². The second-order valence-corrected chi connectivity index (χ2v) is 11.1. The normalized spacial score (nSPS) is 13.0. The van der Waals surface area contributed by atoms with Crippen LogP contribution in [-0.2, 0) is 19.7 Å². The van der Waals surface area contributed by atoms with E-state index in [9.17, 15) is 16.8 Å². The van der Waals surface area contributed by atoms with Crippen molar-refractivity contribution in [3.8, 4) is 0 Å². The third kappa shape index (κ3) is 4.70. The average molecular weight is 412 g/mol. The highest BCUT2D eigenvalue weighted by Crippen LogP contribution is 2.32. The van der Waals surface area contributed by atoms with Gasteiger partial charge < -0.3 is 5.73 Å². The Hall–Kier alpha value is -0.600. The van der Waals surface area contributed by atoms with Crippen LogP contribution in [0, 0.1) is 11.8 Å². The summed E-state index contributed by atoms with van der Waals surface area (Å²) >= 11 is 3.16. The summed E-state index contributed by atoms with van der Waals surface area (Å²) < 4.78 is 49.8. The molecule has 1 aromatic carbocycles. The predicted molar refractivity (Wildman–Crippen MR) is 92.3 cm³/mol. The molecule has 1 aromatic rings. The maximum Gasteiger partial charge on any atom is 0.180 e. The van der Waals surface area contributed by atoms with Crippen LogP contribution in [0.1, 0.15) is 27.7 Å². The van der Waals surface area contributed by atoms with Crippen LogP contribution >= 0.6 is 15.9 Å². The van der Waals surface area contributed by atoms with Gasteiger partial charge in [-0.1, -0.05) is 27.7 Å². The molecule has 2 N–H and O–H groups in total. The van der Waals surface area contributed by atoms with Gasteiger partial charge >= 0.3 is 0 Å². The van der Waals surface area contributed by atoms with Crippen LogP contribution in [0.25, 0.3) is 0 Å². The van der Waals surface area contributed by atoms with E-state index in [0.717, 1.165) is 0 Å². The minimum atomic E-state index is -3.64. The Bertz CT molecular complexity index is 753. The van der Waals surface area contributed by atoms with E-state index < -0.39 is 19.7 Å². The van der Waals surface area contributed by atoms with E-state index in [0.29, 0.717) is 0 Å². The molecule has 0 fully saturated rings. The zero-order valence-electron chi connectivity index (χ0n) is 13.1. The van der Waals surface area contributed by atoms with Crippen molar-refractivity contribution in [2.24, 2.45) is 11.8 Å². The predicted octanol–water partition coefficient (Wildman–Crippen LogP) is 2.89. The van der Waals surface area contributed by atoms with Crippen molar-refractivity contribution in [3.63, 3.8) is 0 Å². The molecule has 0 radical (unpaired) electrons. The maximum atomic E-state index is 12.4. The zero-order chi connectivity index (χ0) is 17.3. The van der Waals surface area contributed by atoms with E-state index in [1.165, 1.54) is 12.1 Å². The van der Waals surface area contributed by atoms with Crippen LogP contribution in [0.5, 0.6) is 0 Å². The standard InChI is InChI=1S/C14H22BrNO4S2/c1-9(2)7-21(17,18)11-5-12(15)14(16)13(6-11)22(19,20)8-10(3)4/h5-6,9-10H,7-8,16H2,1-4H3. The lowest BCUT2D eigenvalue weighted by atomic mass is 10.3. The lowest BCUT2D eigenvalue weighted by Crippen LogP contribution is -2.16. The van der Waals surface area contributed by atoms with Crippen molar-refractivity contribution in [2.45, 2.75) is 37.5 Å². The molecule has 0 aliphatic heterocycles. The first-order valence-electron chi connectivity index (χ1n) is 6.91. The fourth-order valence-electron chi connectivity index (χ4n) is 2.07. The van der Waals surface area contributed by atoms with Gasteiger partial charge in [0.25, 0.3) is 0 Å². The van der Waals surface area contributed by atoms with E-state index in [1.54, 1.807) is 27.7 Å². The van der Waals surface area contributed by atoms with Crippen LogP contribution in [0.15, 0.2) is 26.4 Å². The Balaban J connectivity index is 3.51. The Morgan fingerprint density at radius 1 is 0.955 bits per heavy atom. The fraction of sp³-hybridized carbons (Fsp3) is 0.571. The van der Waals surface area contributed by atoms with E-state index in [1.807, 2.05) is 0 Å². The van der Waals surface area contributed by atoms with Gasteiger partial charge in [-0.25, -0.2) is 16.8 Å². The van der Waals surface area contributed by atoms with Crippen LogP contribution in [-0.4, -0.2) is 28.3 Å². The molecule has 0 bridgehead atoms. The summed E-state index contributed by atoms with van der Waals surface area (Å²) in [5.74, 6) is -0.277. The van der Waals surface area contributed by atoms with E-state index in [4.69, 9.17) is 5.73 Å². The van der Waals surface area contributed by atoms with Crippen molar-refractivity contribution < 1.29 is 16.8 Å². The summed E-state index contributed by atoms with van der Waals surface area (Å²) in [6, 6.07) is 2.54. The highest BCUT2D eigenvalue weighted by molar-refractivity contribution is 9.10. The third-order valence-corrected chi connectivity index (χ3v) is 7.69. The molecule has 0 aliphatic carbocycles. The van der Waals surface area contributed by atoms with Crippen molar-refractivity contribution in [2.75, 3.05) is 17.2 Å². The Morgan fingerprint density at radius 3 is 1.86 bits per heavy atom. The molecule has 1 rings (SSSR count). The highest BCUT2D eigenvalue weighted by Gasteiger charge is 2.25. The SMILES string of the molecule is CC(C)CS(=O)(=O)c1cc(Br)c(N)c(S(=O)(=O)CC(C)C)c1. The Labute approximate surface area is 141 Å². The van der Waals surface area contributed by atoms with Crippen LogP contribution in [0.3, 0.4) is 0 Å². The van der Waals surface area contributed by atoms with Crippen LogP contribution in [0.2, 0.25) is 0 Å². The summed E-state index contributed by atoms with van der Waals surface area (Å²) in [6.07, 6.45) is 0. The van der Waals surface area contributed by atoms with Gasteiger partial charge in [-0.2, -0.15) is 0 Å². The molecule has 0 atom stereocenters. The van der Waals surface area contributed by atoms with Gasteiger partial charge in [-0.3, -0.25) is 0 Å². The molecule has 0 saturated carbocycles. The summed E-state index contributed by atoms with van der Waals surface area (Å²) in [5.41, 5.74) is 5.88. The summed E-state index contributed by atoms with van der Waals surface area (Å²) in [7, 11) is -7.20. The van der Waals surface area contributed by atoms with E-state index in [-0.39, 0.29) is 43.3 Å². The molecule has 0 spiro atoms. The number of nitrogens with two attached hydrogens (primary N) is 1. The molecule has 0 heterocycles. The van der Waals surface area contributed by atoms with Gasteiger partial charge in [-0.15, -0.1) is 0 Å². The number of hydrogen-bond acceptors (Lipinski definition) is 5. The average Bonchev–Trinajstić information content (AvgIpc) is 2.28. The molecular formula is C14H22BrNO4S2. The molecule has 0 amide bonds. The number of anilines is 1. The van der Waals surface area contributed by atoms with Gasteiger partial charge in [0.1, 0.15) is 0 Å². The number of nitrogen functional groups attached to an aromatic ring is 1. The van der Waals surface area contributed by atoms with Gasteiger partial charge in [0.2, 0.25) is 0 Å². The summed E-state index contributed by atoms with van der Waals surface area (Å²) in [4.78, 5) is -0.150. The topological polar surface area (TPSA) is 94.3 Å². The van der Waals surface area contributed by atoms with Crippen molar-refractivity contribution >= 4 is 41.3 Å². The molecule has 0 aliphatic rings. The monoisotopic (exact) mass is 411 g/mol. The van der Waals surface area contributed by atoms with Crippen LogP contribution in [0.4, 0.5) is 5.69 Å². The minimum Gasteiger partial charge on any atom is -0.397 e. The molecule has 0 unspecified atom stereocenters. The number of sulfone groups is 2. The number of halogens is 1. The minimum absolute atomic E-state index is 0.0235. The summed E-state index contributed by atoms with van der Waals surface area (Å²) in [6.45, 7) is 7.14. The van der Waals surface area contributed by atoms with Gasteiger partial charge in [-0.05, 0) is 39.9 Å². The van der Waals surface area contributed by atoms with E-state index >= 15 is 0 Å². The van der Waals surface area contributed by atoms with Crippen molar-refractivity contribution in [3.05, 3.63) is 16.6 Å².